The van der Waals surface area contributed by atoms with Gasteiger partial charge in [0.15, 0.2) is 0 Å². The van der Waals surface area contributed by atoms with Crippen molar-refractivity contribution in [3.05, 3.63) is 0 Å². The van der Waals surface area contributed by atoms with Gasteiger partial charge in [-0.2, -0.15) is 0 Å². The van der Waals surface area contributed by atoms with Gasteiger partial charge in [0.2, 0.25) is 0 Å². The molecule has 16 heavy (non-hydrogen) atoms. The van der Waals surface area contributed by atoms with Crippen molar-refractivity contribution in [3.8, 4) is 0 Å². The quantitative estimate of drug-likeness (QED) is 0.600. The van der Waals surface area contributed by atoms with Gasteiger partial charge in [0, 0.05) is 0 Å². The minimum atomic E-state index is -1.09. The summed E-state index contributed by atoms with van der Waals surface area (Å²) < 4.78 is 16.7. The van der Waals surface area contributed by atoms with Crippen LogP contribution in [0, 0.1) is 5.92 Å². The zero-order valence-electron chi connectivity index (χ0n) is 10.6. The van der Waals surface area contributed by atoms with Crippen LogP contribution in [-0.2, 0) is 13.6 Å². The first-order valence-electron chi connectivity index (χ1n) is 6.55. The molecule has 0 radical (unpaired) electrons. The number of hydrogen-bond donors (Lipinski definition) is 0. The highest BCUT2D eigenvalue weighted by atomic mass is 31.2. The first-order valence-corrected chi connectivity index (χ1v) is 7.65. The molecule has 1 saturated carbocycles. The topological polar surface area (TPSA) is 27.7 Å². The number of rotatable bonds is 8. The molecule has 0 N–H and O–H groups in total. The van der Waals surface area contributed by atoms with Gasteiger partial charge in [-0.1, -0.05) is 26.2 Å². The second-order valence-electron chi connectivity index (χ2n) is 4.27. The summed E-state index contributed by atoms with van der Waals surface area (Å²) in [4.78, 5) is 0. The Morgan fingerprint density at radius 1 is 1.00 bits per heavy atom. The lowest BCUT2D eigenvalue weighted by Crippen LogP contribution is -2.12. The molecule has 0 spiro atoms. The van der Waals surface area contributed by atoms with Crippen LogP contribution in [0.25, 0.3) is 0 Å². The van der Waals surface area contributed by atoms with E-state index in [9.17, 15) is 0 Å². The van der Waals surface area contributed by atoms with Crippen molar-refractivity contribution in [1.82, 2.24) is 0 Å². The summed E-state index contributed by atoms with van der Waals surface area (Å²) in [7, 11) is -1.09. The summed E-state index contributed by atoms with van der Waals surface area (Å²) >= 11 is 0. The minimum absolute atomic E-state index is 0.667. The maximum absolute atomic E-state index is 5.74. The van der Waals surface area contributed by atoms with Crippen molar-refractivity contribution < 1.29 is 13.6 Å². The second-order valence-corrected chi connectivity index (χ2v) is 5.50. The molecule has 0 aliphatic heterocycles. The van der Waals surface area contributed by atoms with E-state index in [2.05, 4.69) is 6.92 Å². The summed E-state index contributed by atoms with van der Waals surface area (Å²) in [5.41, 5.74) is 0. The molecule has 1 fully saturated rings. The van der Waals surface area contributed by atoms with Crippen molar-refractivity contribution in [2.75, 3.05) is 19.8 Å². The SMILES string of the molecule is CCCOP(OCC)OCC1CCCCC1. The summed E-state index contributed by atoms with van der Waals surface area (Å²) in [6, 6.07) is 0. The summed E-state index contributed by atoms with van der Waals surface area (Å²) in [5, 5.41) is 0. The fourth-order valence-corrected chi connectivity index (χ4v) is 3.00. The highest BCUT2D eigenvalue weighted by molar-refractivity contribution is 7.41. The van der Waals surface area contributed by atoms with Gasteiger partial charge in [-0.05, 0) is 32.1 Å². The van der Waals surface area contributed by atoms with Crippen LogP contribution in [0.15, 0.2) is 0 Å². The van der Waals surface area contributed by atoms with Gasteiger partial charge in [0.25, 0.3) is 0 Å². The Bertz CT molecular complexity index is 160. The predicted molar refractivity (Wildman–Crippen MR) is 67.3 cm³/mol. The van der Waals surface area contributed by atoms with Crippen LogP contribution < -0.4 is 0 Å². The third-order valence-corrected chi connectivity index (χ3v) is 4.00. The molecule has 1 atom stereocenters. The van der Waals surface area contributed by atoms with Crippen molar-refractivity contribution in [3.63, 3.8) is 0 Å². The van der Waals surface area contributed by atoms with E-state index in [-0.39, 0.29) is 0 Å². The van der Waals surface area contributed by atoms with E-state index < -0.39 is 8.60 Å². The molecule has 0 bridgehead atoms. The Morgan fingerprint density at radius 2 is 1.75 bits per heavy atom. The van der Waals surface area contributed by atoms with Crippen LogP contribution >= 0.6 is 8.60 Å². The Balaban J connectivity index is 2.14. The Labute approximate surface area is 101 Å². The molecule has 1 unspecified atom stereocenters. The molecule has 3 nitrogen and oxygen atoms in total. The summed E-state index contributed by atoms with van der Waals surface area (Å²) in [5.74, 6) is 0.726. The highest BCUT2D eigenvalue weighted by Gasteiger charge is 2.18. The van der Waals surface area contributed by atoms with Gasteiger partial charge in [-0.3, -0.25) is 0 Å². The Morgan fingerprint density at radius 3 is 2.38 bits per heavy atom. The van der Waals surface area contributed by atoms with E-state index in [0.29, 0.717) is 6.61 Å². The third-order valence-electron chi connectivity index (χ3n) is 2.78. The normalized spacial score (nSPS) is 19.9. The van der Waals surface area contributed by atoms with E-state index in [1.54, 1.807) is 0 Å². The molecule has 0 amide bonds. The summed E-state index contributed by atoms with van der Waals surface area (Å²) in [6.07, 6.45) is 7.74. The van der Waals surface area contributed by atoms with Crippen LogP contribution in [-0.4, -0.2) is 19.8 Å². The fourth-order valence-electron chi connectivity index (χ4n) is 1.90. The van der Waals surface area contributed by atoms with E-state index in [1.165, 1.54) is 32.1 Å². The lowest BCUT2D eigenvalue weighted by atomic mass is 9.90. The Kier molecular flexibility index (Phi) is 8.40. The van der Waals surface area contributed by atoms with Crippen LogP contribution in [0.5, 0.6) is 0 Å². The molecule has 1 aliphatic carbocycles. The van der Waals surface area contributed by atoms with Crippen LogP contribution in [0.3, 0.4) is 0 Å². The van der Waals surface area contributed by atoms with E-state index >= 15 is 0 Å². The molecule has 0 saturated heterocycles. The van der Waals surface area contributed by atoms with E-state index in [4.69, 9.17) is 13.6 Å². The van der Waals surface area contributed by atoms with Gasteiger partial charge in [-0.25, -0.2) is 0 Å². The fraction of sp³-hybridized carbons (Fsp3) is 1.00. The van der Waals surface area contributed by atoms with Gasteiger partial charge < -0.3 is 13.6 Å². The van der Waals surface area contributed by atoms with Crippen LogP contribution in [0.4, 0.5) is 0 Å². The predicted octanol–water partition coefficient (Wildman–Crippen LogP) is 4.27. The van der Waals surface area contributed by atoms with Gasteiger partial charge in [-0.15, -0.1) is 0 Å². The number of hydrogen-bond acceptors (Lipinski definition) is 3. The maximum atomic E-state index is 5.74. The summed E-state index contributed by atoms with van der Waals surface area (Å²) in [6.45, 7) is 6.29. The average molecular weight is 248 g/mol. The molecule has 4 heteroatoms. The Hall–Kier alpha value is 0.310. The van der Waals surface area contributed by atoms with Crippen LogP contribution in [0.1, 0.15) is 52.4 Å². The molecular weight excluding hydrogens is 223 g/mol. The minimum Gasteiger partial charge on any atom is -0.313 e. The monoisotopic (exact) mass is 248 g/mol. The molecule has 1 aliphatic rings. The second kappa shape index (κ2) is 9.35. The zero-order valence-corrected chi connectivity index (χ0v) is 11.5. The standard InChI is InChI=1S/C12H25O3P/c1-3-10-14-16(13-4-2)15-11-12-8-6-5-7-9-12/h12H,3-11H2,1-2H3. The smallest absolute Gasteiger partial charge is 0.313 e. The molecule has 0 heterocycles. The van der Waals surface area contributed by atoms with Crippen molar-refractivity contribution >= 4 is 8.60 Å². The van der Waals surface area contributed by atoms with E-state index in [0.717, 1.165) is 25.6 Å². The first kappa shape index (κ1) is 14.4. The molecule has 0 aromatic carbocycles. The van der Waals surface area contributed by atoms with Gasteiger partial charge >= 0.3 is 8.60 Å². The largest absolute Gasteiger partial charge is 0.332 e. The van der Waals surface area contributed by atoms with Gasteiger partial charge in [0.1, 0.15) is 0 Å². The van der Waals surface area contributed by atoms with Crippen molar-refractivity contribution in [2.24, 2.45) is 5.92 Å². The average Bonchev–Trinajstić information content (AvgIpc) is 2.34. The van der Waals surface area contributed by atoms with Crippen LogP contribution in [0.2, 0.25) is 0 Å². The van der Waals surface area contributed by atoms with Gasteiger partial charge in [0.05, 0.1) is 19.8 Å². The molecule has 96 valence electrons. The lowest BCUT2D eigenvalue weighted by molar-refractivity contribution is 0.135. The van der Waals surface area contributed by atoms with Crippen molar-refractivity contribution in [2.45, 2.75) is 52.4 Å². The zero-order chi connectivity index (χ0) is 11.6. The molecular formula is C12H25O3P. The first-order chi connectivity index (χ1) is 7.86. The molecule has 1 rings (SSSR count). The van der Waals surface area contributed by atoms with Crippen molar-refractivity contribution in [1.29, 1.82) is 0 Å². The third kappa shape index (κ3) is 6.15. The molecule has 0 aromatic rings. The van der Waals surface area contributed by atoms with E-state index in [1.807, 2.05) is 6.92 Å². The maximum Gasteiger partial charge on any atom is 0.332 e. The lowest BCUT2D eigenvalue weighted by Gasteiger charge is -2.23. The molecule has 0 aromatic heterocycles. The highest BCUT2D eigenvalue weighted by Crippen LogP contribution is 2.41.